The monoisotopic (exact) mass is 304 g/mol. The summed E-state index contributed by atoms with van der Waals surface area (Å²) in [6.07, 6.45) is 0.597. The Morgan fingerprint density at radius 3 is 2.27 bits per heavy atom. The topological polar surface area (TPSA) is 32.8 Å². The molecule has 2 rings (SSSR count). The Kier molecular flexibility index (Phi) is 5.98. The molecule has 1 aliphatic heterocycles. The van der Waals surface area contributed by atoms with Crippen LogP contribution in [0.5, 0.6) is 5.75 Å². The number of ketones is 1. The van der Waals surface area contributed by atoms with Crippen molar-refractivity contribution in [1.82, 2.24) is 9.80 Å². The van der Waals surface area contributed by atoms with Crippen molar-refractivity contribution in [3.05, 3.63) is 28.8 Å². The lowest BCUT2D eigenvalue weighted by Crippen LogP contribution is -2.45. The van der Waals surface area contributed by atoms with Crippen LogP contribution in [0.15, 0.2) is 12.1 Å². The molecule has 0 aliphatic carbocycles. The molecule has 0 radical (unpaired) electrons. The highest BCUT2D eigenvalue weighted by atomic mass is 16.5. The second-order valence-electron chi connectivity index (χ2n) is 6.18. The van der Waals surface area contributed by atoms with E-state index in [1.807, 2.05) is 32.9 Å². The van der Waals surface area contributed by atoms with Crippen molar-refractivity contribution in [1.29, 1.82) is 0 Å². The highest BCUT2D eigenvalue weighted by Crippen LogP contribution is 2.23. The number of benzene rings is 1. The van der Waals surface area contributed by atoms with Gasteiger partial charge in [-0.3, -0.25) is 4.79 Å². The molecule has 0 saturated carbocycles. The van der Waals surface area contributed by atoms with Gasteiger partial charge in [0.15, 0.2) is 5.78 Å². The number of carbonyl (C=O) groups is 1. The van der Waals surface area contributed by atoms with Crippen molar-refractivity contribution in [3.63, 3.8) is 0 Å². The largest absolute Gasteiger partial charge is 0.494 e. The number of aryl methyl sites for hydroxylation is 2. The van der Waals surface area contributed by atoms with Crippen molar-refractivity contribution in [3.8, 4) is 5.75 Å². The zero-order chi connectivity index (χ0) is 16.1. The fraction of sp³-hybridized carbons (Fsp3) is 0.611. The summed E-state index contributed by atoms with van der Waals surface area (Å²) in [5, 5.41) is 0. The van der Waals surface area contributed by atoms with Gasteiger partial charge in [0.2, 0.25) is 0 Å². The quantitative estimate of drug-likeness (QED) is 0.756. The van der Waals surface area contributed by atoms with Crippen LogP contribution in [0.3, 0.4) is 0 Å². The Hall–Kier alpha value is -1.39. The molecule has 0 N–H and O–H groups in total. The minimum atomic E-state index is 0.247. The van der Waals surface area contributed by atoms with Crippen molar-refractivity contribution in [2.24, 2.45) is 0 Å². The maximum absolute atomic E-state index is 12.6. The van der Waals surface area contributed by atoms with E-state index in [1.54, 1.807) is 0 Å². The van der Waals surface area contributed by atoms with Gasteiger partial charge in [0, 0.05) is 44.7 Å². The first-order valence-electron chi connectivity index (χ1n) is 8.19. The number of piperazine rings is 1. The Balaban J connectivity index is 1.97. The SMILES string of the molecule is CCOc1cc(C)c(C(=O)CCN2CCN(C)CC2)c(C)c1. The molecule has 122 valence electrons. The number of hydrogen-bond acceptors (Lipinski definition) is 4. The molecule has 0 spiro atoms. The van der Waals surface area contributed by atoms with Crippen LogP contribution in [-0.2, 0) is 0 Å². The number of nitrogens with zero attached hydrogens (tertiary/aromatic N) is 2. The summed E-state index contributed by atoms with van der Waals surface area (Å²) in [4.78, 5) is 17.3. The van der Waals surface area contributed by atoms with E-state index >= 15 is 0 Å². The lowest BCUT2D eigenvalue weighted by atomic mass is 9.97. The van der Waals surface area contributed by atoms with Crippen LogP contribution in [0, 0.1) is 13.8 Å². The third-order valence-corrected chi connectivity index (χ3v) is 4.35. The van der Waals surface area contributed by atoms with Crippen LogP contribution < -0.4 is 4.74 Å². The molecule has 4 heteroatoms. The van der Waals surface area contributed by atoms with Crippen molar-refractivity contribution in [2.75, 3.05) is 46.4 Å². The molecule has 1 saturated heterocycles. The number of hydrogen-bond donors (Lipinski definition) is 0. The van der Waals surface area contributed by atoms with Gasteiger partial charge in [-0.15, -0.1) is 0 Å². The van der Waals surface area contributed by atoms with Crippen LogP contribution >= 0.6 is 0 Å². The predicted octanol–water partition coefficient (Wildman–Crippen LogP) is 2.52. The highest BCUT2D eigenvalue weighted by molar-refractivity contribution is 5.99. The summed E-state index contributed by atoms with van der Waals surface area (Å²) < 4.78 is 5.54. The maximum atomic E-state index is 12.6. The van der Waals surface area contributed by atoms with Gasteiger partial charge in [-0.2, -0.15) is 0 Å². The normalized spacial score (nSPS) is 16.7. The van der Waals surface area contributed by atoms with Crippen LogP contribution in [0.4, 0.5) is 0 Å². The molecule has 1 heterocycles. The van der Waals surface area contributed by atoms with Gasteiger partial charge < -0.3 is 14.5 Å². The van der Waals surface area contributed by atoms with Gasteiger partial charge in [-0.25, -0.2) is 0 Å². The molecule has 4 nitrogen and oxygen atoms in total. The smallest absolute Gasteiger partial charge is 0.164 e. The second-order valence-corrected chi connectivity index (χ2v) is 6.18. The lowest BCUT2D eigenvalue weighted by molar-refractivity contribution is 0.0940. The molecule has 0 bridgehead atoms. The summed E-state index contributed by atoms with van der Waals surface area (Å²) in [5.74, 6) is 1.10. The molecule has 0 amide bonds. The molecule has 22 heavy (non-hydrogen) atoms. The van der Waals surface area contributed by atoms with Gasteiger partial charge in [0.05, 0.1) is 6.61 Å². The van der Waals surface area contributed by atoms with Crippen molar-refractivity contribution >= 4 is 5.78 Å². The highest BCUT2D eigenvalue weighted by Gasteiger charge is 2.17. The Morgan fingerprint density at radius 2 is 1.73 bits per heavy atom. The van der Waals surface area contributed by atoms with Crippen molar-refractivity contribution in [2.45, 2.75) is 27.2 Å². The fourth-order valence-corrected chi connectivity index (χ4v) is 3.07. The van der Waals surface area contributed by atoms with E-state index in [0.717, 1.165) is 55.2 Å². The van der Waals surface area contributed by atoms with E-state index in [4.69, 9.17) is 4.74 Å². The predicted molar refractivity (Wildman–Crippen MR) is 90.0 cm³/mol. The van der Waals surface area contributed by atoms with Crippen LogP contribution in [0.2, 0.25) is 0 Å². The summed E-state index contributed by atoms with van der Waals surface area (Å²) in [5.41, 5.74) is 2.91. The molecule has 1 aromatic rings. The van der Waals surface area contributed by atoms with Gasteiger partial charge in [-0.05, 0) is 51.1 Å². The Bertz CT molecular complexity index is 497. The fourth-order valence-electron chi connectivity index (χ4n) is 3.07. The standard InChI is InChI=1S/C18H28N2O2/c1-5-22-16-12-14(2)18(15(3)13-16)17(21)6-7-20-10-8-19(4)9-11-20/h12-13H,5-11H2,1-4H3. The van der Waals surface area contributed by atoms with Gasteiger partial charge in [0.25, 0.3) is 0 Å². The van der Waals surface area contributed by atoms with E-state index in [-0.39, 0.29) is 5.78 Å². The number of Topliss-reactive ketones (excluding diaryl/α,β-unsaturated/α-hetero) is 1. The molecule has 0 unspecified atom stereocenters. The number of carbonyl (C=O) groups excluding carboxylic acids is 1. The summed E-state index contributed by atoms with van der Waals surface area (Å²) >= 11 is 0. The number of likely N-dealkylation sites (N-methyl/N-ethyl adjacent to an activating group) is 1. The van der Waals surface area contributed by atoms with E-state index in [2.05, 4.69) is 16.8 Å². The maximum Gasteiger partial charge on any atom is 0.164 e. The molecule has 0 aromatic heterocycles. The number of rotatable bonds is 6. The second kappa shape index (κ2) is 7.75. The van der Waals surface area contributed by atoms with E-state index < -0.39 is 0 Å². The van der Waals surface area contributed by atoms with Crippen molar-refractivity contribution < 1.29 is 9.53 Å². The average Bonchev–Trinajstić information content (AvgIpc) is 2.46. The van der Waals surface area contributed by atoms with E-state index in [1.165, 1.54) is 0 Å². The molecular weight excluding hydrogens is 276 g/mol. The number of ether oxygens (including phenoxy) is 1. The van der Waals surface area contributed by atoms with Crippen LogP contribution in [0.25, 0.3) is 0 Å². The molecule has 1 aliphatic rings. The zero-order valence-electron chi connectivity index (χ0n) is 14.3. The average molecular weight is 304 g/mol. The molecule has 1 fully saturated rings. The van der Waals surface area contributed by atoms with E-state index in [0.29, 0.717) is 13.0 Å². The van der Waals surface area contributed by atoms with Gasteiger partial charge in [0.1, 0.15) is 5.75 Å². The summed E-state index contributed by atoms with van der Waals surface area (Å²) in [6, 6.07) is 3.94. The first-order valence-corrected chi connectivity index (χ1v) is 8.19. The minimum absolute atomic E-state index is 0.247. The minimum Gasteiger partial charge on any atom is -0.494 e. The Labute approximate surface area is 134 Å². The molecular formula is C18H28N2O2. The van der Waals surface area contributed by atoms with Crippen LogP contribution in [-0.4, -0.2) is 62.0 Å². The first kappa shape index (κ1) is 17.0. The summed E-state index contributed by atoms with van der Waals surface area (Å²) in [7, 11) is 2.15. The zero-order valence-corrected chi connectivity index (χ0v) is 14.3. The third-order valence-electron chi connectivity index (χ3n) is 4.35. The van der Waals surface area contributed by atoms with Crippen LogP contribution in [0.1, 0.15) is 34.8 Å². The molecule has 0 atom stereocenters. The molecule has 1 aromatic carbocycles. The lowest BCUT2D eigenvalue weighted by Gasteiger charge is -2.32. The van der Waals surface area contributed by atoms with Gasteiger partial charge >= 0.3 is 0 Å². The third kappa shape index (κ3) is 4.31. The van der Waals surface area contributed by atoms with E-state index in [9.17, 15) is 4.79 Å². The Morgan fingerprint density at radius 1 is 1.14 bits per heavy atom. The van der Waals surface area contributed by atoms with Gasteiger partial charge in [-0.1, -0.05) is 0 Å². The summed E-state index contributed by atoms with van der Waals surface area (Å²) in [6.45, 7) is 11.8. The first-order chi connectivity index (χ1) is 10.5.